The molecular formula is C16H18BrN5O2. The highest BCUT2D eigenvalue weighted by Gasteiger charge is 2.19. The summed E-state index contributed by atoms with van der Waals surface area (Å²) in [6.07, 6.45) is 0. The minimum absolute atomic E-state index is 0.0400. The van der Waals surface area contributed by atoms with Crippen LogP contribution < -0.4 is 20.4 Å². The lowest BCUT2D eigenvalue weighted by Gasteiger charge is -2.28. The van der Waals surface area contributed by atoms with Gasteiger partial charge in [-0.15, -0.1) is 0 Å². The quantitative estimate of drug-likeness (QED) is 0.635. The van der Waals surface area contributed by atoms with Crippen LogP contribution >= 0.6 is 15.9 Å². The highest BCUT2D eigenvalue weighted by molar-refractivity contribution is 9.10. The fourth-order valence-electron chi connectivity index (χ4n) is 3.11. The number of hydrogen-bond acceptors (Lipinski definition) is 5. The second-order valence-corrected chi connectivity index (χ2v) is 6.65. The van der Waals surface area contributed by atoms with Gasteiger partial charge in [0.25, 0.3) is 0 Å². The van der Waals surface area contributed by atoms with Crippen molar-refractivity contribution in [1.82, 2.24) is 20.3 Å². The highest BCUT2D eigenvalue weighted by atomic mass is 79.9. The number of hydrogen-bond donors (Lipinski definition) is 3. The largest absolute Gasteiger partial charge is 0.476 e. The number of aromatic nitrogens is 3. The standard InChI is InChI=1S/C16H18BrN5O2/c1-2-24-15-14-13(12-10(19-14)7-9(17)8-11(12)23)20-16(21-15)22-5-3-18-4-6-22/h7-8,18-19H,2-6H2,1H3,(H,20,21). The topological polar surface area (TPSA) is 86.0 Å². The molecule has 1 saturated heterocycles. The Bertz CT molecular complexity index is 958. The summed E-state index contributed by atoms with van der Waals surface area (Å²) in [6.45, 7) is 5.97. The van der Waals surface area contributed by atoms with E-state index in [1.807, 2.05) is 13.0 Å². The van der Waals surface area contributed by atoms with Crippen molar-refractivity contribution in [2.45, 2.75) is 6.92 Å². The van der Waals surface area contributed by atoms with Crippen LogP contribution in [0.25, 0.3) is 21.9 Å². The van der Waals surface area contributed by atoms with Crippen LogP contribution in [-0.2, 0) is 0 Å². The maximum absolute atomic E-state index is 12.5. The molecule has 0 bridgehead atoms. The van der Waals surface area contributed by atoms with E-state index in [9.17, 15) is 4.79 Å². The van der Waals surface area contributed by atoms with E-state index in [1.54, 1.807) is 6.07 Å². The molecule has 8 heteroatoms. The predicted molar refractivity (Wildman–Crippen MR) is 98.2 cm³/mol. The first-order valence-electron chi connectivity index (χ1n) is 8.01. The molecule has 4 rings (SSSR count). The third-order valence-corrected chi connectivity index (χ3v) is 4.64. The van der Waals surface area contributed by atoms with E-state index in [2.05, 4.69) is 41.1 Å². The van der Waals surface area contributed by atoms with Crippen molar-refractivity contribution < 1.29 is 4.74 Å². The lowest BCUT2D eigenvalue weighted by molar-refractivity contribution is 0.330. The molecule has 7 nitrogen and oxygen atoms in total. The van der Waals surface area contributed by atoms with E-state index in [4.69, 9.17) is 4.74 Å². The first-order chi connectivity index (χ1) is 11.7. The zero-order valence-electron chi connectivity index (χ0n) is 13.3. The Morgan fingerprint density at radius 3 is 2.79 bits per heavy atom. The van der Waals surface area contributed by atoms with Crippen molar-refractivity contribution in [2.24, 2.45) is 0 Å². The fourth-order valence-corrected chi connectivity index (χ4v) is 3.54. The lowest BCUT2D eigenvalue weighted by Crippen LogP contribution is -2.44. The predicted octanol–water partition coefficient (Wildman–Crippen LogP) is 1.98. The van der Waals surface area contributed by atoms with Gasteiger partial charge in [0.2, 0.25) is 11.8 Å². The molecule has 1 aliphatic rings. The minimum atomic E-state index is -0.0400. The smallest absolute Gasteiger partial charge is 0.243 e. The summed E-state index contributed by atoms with van der Waals surface area (Å²) in [5.41, 5.74) is 2.19. The Morgan fingerprint density at radius 1 is 1.25 bits per heavy atom. The van der Waals surface area contributed by atoms with Gasteiger partial charge in [-0.2, -0.15) is 4.98 Å². The Labute approximate surface area is 146 Å². The number of nitrogens with zero attached hydrogens (tertiary/aromatic N) is 2. The molecule has 3 heterocycles. The number of anilines is 1. The van der Waals surface area contributed by atoms with Gasteiger partial charge in [-0.05, 0) is 13.0 Å². The molecule has 0 spiro atoms. The molecule has 1 fully saturated rings. The van der Waals surface area contributed by atoms with Gasteiger partial charge in [-0.25, -0.2) is 0 Å². The number of piperazine rings is 1. The molecule has 1 aliphatic heterocycles. The number of fused-ring (bicyclic) bond motifs is 3. The number of benzene rings is 1. The van der Waals surface area contributed by atoms with Crippen LogP contribution in [0, 0.1) is 0 Å². The van der Waals surface area contributed by atoms with Crippen molar-refractivity contribution >= 4 is 43.8 Å². The number of halogens is 1. The molecule has 0 amide bonds. The van der Waals surface area contributed by atoms with Crippen LogP contribution in [0.4, 0.5) is 5.95 Å². The fraction of sp³-hybridized carbons (Fsp3) is 0.375. The maximum atomic E-state index is 12.5. The summed E-state index contributed by atoms with van der Waals surface area (Å²) in [5.74, 6) is 1.25. The third kappa shape index (κ3) is 2.55. The van der Waals surface area contributed by atoms with E-state index < -0.39 is 0 Å². The van der Waals surface area contributed by atoms with Gasteiger partial charge in [-0.3, -0.25) is 4.79 Å². The highest BCUT2D eigenvalue weighted by Crippen LogP contribution is 2.30. The molecule has 0 radical (unpaired) electrons. The Kier molecular flexibility index (Phi) is 3.93. The van der Waals surface area contributed by atoms with Crippen molar-refractivity contribution in [2.75, 3.05) is 37.7 Å². The number of rotatable bonds is 3. The number of H-pyrrole nitrogens is 2. The number of aromatic amines is 2. The molecule has 1 aromatic carbocycles. The molecule has 3 aromatic rings. The van der Waals surface area contributed by atoms with Crippen LogP contribution in [0.1, 0.15) is 6.92 Å². The second-order valence-electron chi connectivity index (χ2n) is 5.74. The first-order valence-corrected chi connectivity index (χ1v) is 8.80. The molecular weight excluding hydrogens is 374 g/mol. The van der Waals surface area contributed by atoms with Crippen LogP contribution in [-0.4, -0.2) is 47.7 Å². The zero-order valence-corrected chi connectivity index (χ0v) is 14.9. The van der Waals surface area contributed by atoms with Gasteiger partial charge in [0.15, 0.2) is 5.43 Å². The zero-order chi connectivity index (χ0) is 16.7. The van der Waals surface area contributed by atoms with E-state index in [0.717, 1.165) is 53.2 Å². The molecule has 126 valence electrons. The summed E-state index contributed by atoms with van der Waals surface area (Å²) in [7, 11) is 0. The first kappa shape index (κ1) is 15.5. The van der Waals surface area contributed by atoms with Crippen LogP contribution in [0.3, 0.4) is 0 Å². The molecule has 0 unspecified atom stereocenters. The van der Waals surface area contributed by atoms with Crippen molar-refractivity contribution in [3.05, 3.63) is 26.8 Å². The monoisotopic (exact) mass is 391 g/mol. The van der Waals surface area contributed by atoms with E-state index >= 15 is 0 Å². The van der Waals surface area contributed by atoms with Gasteiger partial charge in [0, 0.05) is 36.7 Å². The van der Waals surface area contributed by atoms with Crippen molar-refractivity contribution in [3.8, 4) is 5.88 Å². The Balaban J connectivity index is 1.99. The summed E-state index contributed by atoms with van der Waals surface area (Å²) in [6, 6.07) is 3.47. The Hall–Kier alpha value is -2.06. The van der Waals surface area contributed by atoms with Gasteiger partial charge in [0.05, 0.1) is 23.0 Å². The second kappa shape index (κ2) is 6.10. The molecule has 3 N–H and O–H groups in total. The summed E-state index contributed by atoms with van der Waals surface area (Å²) >= 11 is 3.37. The van der Waals surface area contributed by atoms with Crippen LogP contribution in [0.2, 0.25) is 0 Å². The molecule has 0 saturated carbocycles. The van der Waals surface area contributed by atoms with Gasteiger partial charge in [0.1, 0.15) is 5.52 Å². The molecule has 2 aromatic heterocycles. The maximum Gasteiger partial charge on any atom is 0.243 e. The average Bonchev–Trinajstić information content (AvgIpc) is 2.94. The lowest BCUT2D eigenvalue weighted by atomic mass is 10.2. The SMILES string of the molecule is CCOc1nc(N2CCNCC2)[nH]c2c1[nH]c1cc(Br)cc(=O)c12. The van der Waals surface area contributed by atoms with Gasteiger partial charge < -0.3 is 24.9 Å². The summed E-state index contributed by atoms with van der Waals surface area (Å²) in [5, 5.41) is 3.96. The van der Waals surface area contributed by atoms with Crippen molar-refractivity contribution in [1.29, 1.82) is 0 Å². The van der Waals surface area contributed by atoms with Gasteiger partial charge >= 0.3 is 0 Å². The normalized spacial score (nSPS) is 15.3. The van der Waals surface area contributed by atoms with Crippen molar-refractivity contribution in [3.63, 3.8) is 0 Å². The molecule has 0 aliphatic carbocycles. The van der Waals surface area contributed by atoms with Crippen LogP contribution in [0.15, 0.2) is 21.4 Å². The Morgan fingerprint density at radius 2 is 2.04 bits per heavy atom. The van der Waals surface area contributed by atoms with E-state index in [-0.39, 0.29) is 5.43 Å². The van der Waals surface area contributed by atoms with Crippen LogP contribution in [0.5, 0.6) is 5.88 Å². The summed E-state index contributed by atoms with van der Waals surface area (Å²) in [4.78, 5) is 25.9. The average molecular weight is 392 g/mol. The van der Waals surface area contributed by atoms with E-state index in [1.165, 1.54) is 0 Å². The number of ether oxygens (including phenoxy) is 1. The molecule has 24 heavy (non-hydrogen) atoms. The third-order valence-electron chi connectivity index (χ3n) is 4.18. The summed E-state index contributed by atoms with van der Waals surface area (Å²) < 4.78 is 6.48. The van der Waals surface area contributed by atoms with Gasteiger partial charge in [-0.1, -0.05) is 15.9 Å². The number of nitrogens with one attached hydrogen (secondary N) is 3. The van der Waals surface area contributed by atoms with E-state index in [0.29, 0.717) is 17.9 Å². The minimum Gasteiger partial charge on any atom is -0.476 e. The molecule has 0 atom stereocenters.